The summed E-state index contributed by atoms with van der Waals surface area (Å²) in [5.41, 5.74) is 3.70. The smallest absolute Gasteiger partial charge is 0.248 e. The van der Waals surface area contributed by atoms with E-state index in [1.165, 1.54) is 25.3 Å². The Labute approximate surface area is 188 Å². The summed E-state index contributed by atoms with van der Waals surface area (Å²) in [6, 6.07) is 13.5. The van der Waals surface area contributed by atoms with Crippen LogP contribution >= 0.6 is 0 Å². The Kier molecular flexibility index (Phi) is 6.59. The Balaban J connectivity index is 1.48. The lowest BCUT2D eigenvalue weighted by molar-refractivity contribution is -0.111. The van der Waals surface area contributed by atoms with Crippen LogP contribution in [0.4, 0.5) is 11.5 Å². The van der Waals surface area contributed by atoms with Crippen LogP contribution < -0.4 is 19.7 Å². The van der Waals surface area contributed by atoms with Gasteiger partial charge in [0.05, 0.1) is 19.7 Å². The molecule has 0 bridgehead atoms. The van der Waals surface area contributed by atoms with Crippen molar-refractivity contribution in [1.29, 1.82) is 0 Å². The maximum absolute atomic E-state index is 12.5. The lowest BCUT2D eigenvalue weighted by Crippen LogP contribution is -2.30. The minimum atomic E-state index is -0.199. The molecule has 1 fully saturated rings. The molecule has 1 amide bonds. The maximum atomic E-state index is 12.5. The molecule has 6 nitrogen and oxygen atoms in total. The summed E-state index contributed by atoms with van der Waals surface area (Å²) in [6.07, 6.45) is 7.00. The van der Waals surface area contributed by atoms with Gasteiger partial charge in [-0.2, -0.15) is 0 Å². The number of carbonyl (C=O) groups is 1. The van der Waals surface area contributed by atoms with Crippen molar-refractivity contribution in [3.8, 4) is 11.5 Å². The SMILES string of the molecule is COc1ccc(C=CC(=O)Nc2ccc3nc(N4CCCCC4)cc(C)c3c2)cc1OC. The third kappa shape index (κ3) is 4.85. The number of methoxy groups -OCH3 is 2. The highest BCUT2D eigenvalue weighted by Gasteiger charge is 2.14. The first-order valence-electron chi connectivity index (χ1n) is 10.9. The van der Waals surface area contributed by atoms with Crippen LogP contribution in [0.5, 0.6) is 11.5 Å². The van der Waals surface area contributed by atoms with Crippen molar-refractivity contribution in [2.24, 2.45) is 0 Å². The number of amides is 1. The fourth-order valence-electron chi connectivity index (χ4n) is 4.05. The van der Waals surface area contributed by atoms with Gasteiger partial charge in [0.25, 0.3) is 0 Å². The number of rotatable bonds is 6. The van der Waals surface area contributed by atoms with Crippen molar-refractivity contribution < 1.29 is 14.3 Å². The zero-order chi connectivity index (χ0) is 22.5. The van der Waals surface area contributed by atoms with E-state index in [9.17, 15) is 4.79 Å². The van der Waals surface area contributed by atoms with E-state index in [4.69, 9.17) is 14.5 Å². The Bertz CT molecular complexity index is 1150. The number of hydrogen-bond donors (Lipinski definition) is 1. The van der Waals surface area contributed by atoms with Gasteiger partial charge in [-0.3, -0.25) is 4.79 Å². The first kappa shape index (κ1) is 21.7. The number of nitrogens with one attached hydrogen (secondary N) is 1. The van der Waals surface area contributed by atoms with E-state index in [-0.39, 0.29) is 5.91 Å². The number of benzene rings is 2. The minimum absolute atomic E-state index is 0.199. The highest BCUT2D eigenvalue weighted by molar-refractivity contribution is 6.03. The van der Waals surface area contributed by atoms with Gasteiger partial charge in [-0.25, -0.2) is 4.98 Å². The monoisotopic (exact) mass is 431 g/mol. The van der Waals surface area contributed by atoms with Gasteiger partial charge < -0.3 is 19.7 Å². The van der Waals surface area contributed by atoms with E-state index in [1.807, 2.05) is 36.4 Å². The molecule has 0 spiro atoms. The number of carbonyl (C=O) groups excluding carboxylic acids is 1. The summed E-state index contributed by atoms with van der Waals surface area (Å²) in [5.74, 6) is 2.12. The lowest BCUT2D eigenvalue weighted by Gasteiger charge is -2.28. The van der Waals surface area contributed by atoms with Gasteiger partial charge in [-0.05, 0) is 79.8 Å². The molecule has 1 aromatic heterocycles. The average molecular weight is 432 g/mol. The molecule has 1 aliphatic rings. The van der Waals surface area contributed by atoms with Crippen molar-refractivity contribution in [2.45, 2.75) is 26.2 Å². The third-order valence-electron chi connectivity index (χ3n) is 5.78. The van der Waals surface area contributed by atoms with E-state index in [1.54, 1.807) is 20.3 Å². The quantitative estimate of drug-likeness (QED) is 0.543. The van der Waals surface area contributed by atoms with Crippen LogP contribution in [0.1, 0.15) is 30.4 Å². The molecule has 0 unspecified atom stereocenters. The molecule has 0 saturated carbocycles. The zero-order valence-corrected chi connectivity index (χ0v) is 18.9. The molecule has 1 aliphatic heterocycles. The second kappa shape index (κ2) is 9.73. The molecule has 3 aromatic rings. The van der Waals surface area contributed by atoms with Crippen molar-refractivity contribution in [1.82, 2.24) is 4.98 Å². The molecule has 4 rings (SSSR count). The Morgan fingerprint density at radius 1 is 1.00 bits per heavy atom. The summed E-state index contributed by atoms with van der Waals surface area (Å²) in [5, 5.41) is 3.99. The van der Waals surface area contributed by atoms with Gasteiger partial charge in [0.15, 0.2) is 11.5 Å². The summed E-state index contributed by atoms with van der Waals surface area (Å²) < 4.78 is 10.6. The summed E-state index contributed by atoms with van der Waals surface area (Å²) >= 11 is 0. The molecule has 2 aromatic carbocycles. The van der Waals surface area contributed by atoms with Crippen LogP contribution in [0, 0.1) is 6.92 Å². The number of piperidine rings is 1. The van der Waals surface area contributed by atoms with Gasteiger partial charge in [-0.1, -0.05) is 6.07 Å². The second-order valence-corrected chi connectivity index (χ2v) is 8.01. The van der Waals surface area contributed by atoms with Crippen LogP contribution in [0.15, 0.2) is 48.5 Å². The van der Waals surface area contributed by atoms with E-state index in [0.29, 0.717) is 11.5 Å². The van der Waals surface area contributed by atoms with Crippen molar-refractivity contribution >= 4 is 34.4 Å². The Hall–Kier alpha value is -3.54. The molecule has 0 atom stereocenters. The van der Waals surface area contributed by atoms with E-state index in [0.717, 1.165) is 46.6 Å². The third-order valence-corrected chi connectivity index (χ3v) is 5.78. The highest BCUT2D eigenvalue weighted by Crippen LogP contribution is 2.29. The summed E-state index contributed by atoms with van der Waals surface area (Å²) in [7, 11) is 3.18. The van der Waals surface area contributed by atoms with Gasteiger partial charge in [-0.15, -0.1) is 0 Å². The van der Waals surface area contributed by atoms with Crippen LogP contribution in [-0.2, 0) is 4.79 Å². The van der Waals surface area contributed by atoms with Crippen LogP contribution in [0.3, 0.4) is 0 Å². The van der Waals surface area contributed by atoms with E-state index >= 15 is 0 Å². The largest absolute Gasteiger partial charge is 0.493 e. The maximum Gasteiger partial charge on any atom is 0.248 e. The fourth-order valence-corrected chi connectivity index (χ4v) is 4.05. The molecule has 166 valence electrons. The minimum Gasteiger partial charge on any atom is -0.493 e. The van der Waals surface area contributed by atoms with E-state index < -0.39 is 0 Å². The fraction of sp³-hybridized carbons (Fsp3) is 0.308. The topological polar surface area (TPSA) is 63.7 Å². The summed E-state index contributed by atoms with van der Waals surface area (Å²) in [4.78, 5) is 19.7. The standard InChI is InChI=1S/C26H29N3O3/c1-18-15-25(29-13-5-4-6-14-29)28-22-10-9-20(17-21(18)22)27-26(30)12-8-19-7-11-23(31-2)24(16-19)32-3/h7-12,15-17H,4-6,13-14H2,1-3H3,(H,27,30). The molecule has 2 heterocycles. The van der Waals surface area contributed by atoms with Crippen molar-refractivity contribution in [2.75, 3.05) is 37.5 Å². The first-order chi connectivity index (χ1) is 15.6. The number of nitrogens with zero attached hydrogens (tertiary/aromatic N) is 2. The predicted molar refractivity (Wildman–Crippen MR) is 130 cm³/mol. The molecule has 6 heteroatoms. The number of fused-ring (bicyclic) bond motifs is 1. The summed E-state index contributed by atoms with van der Waals surface area (Å²) in [6.45, 7) is 4.23. The van der Waals surface area contributed by atoms with Gasteiger partial charge in [0.2, 0.25) is 5.91 Å². The number of aromatic nitrogens is 1. The number of ether oxygens (including phenoxy) is 2. The van der Waals surface area contributed by atoms with Crippen molar-refractivity contribution in [3.05, 3.63) is 59.7 Å². The normalized spacial score (nSPS) is 14.0. The predicted octanol–water partition coefficient (Wildman–Crippen LogP) is 5.20. The van der Waals surface area contributed by atoms with Crippen LogP contribution in [0.25, 0.3) is 17.0 Å². The van der Waals surface area contributed by atoms with Gasteiger partial charge >= 0.3 is 0 Å². The van der Waals surface area contributed by atoms with Crippen LogP contribution in [0.2, 0.25) is 0 Å². The molecule has 0 aliphatic carbocycles. The van der Waals surface area contributed by atoms with Gasteiger partial charge in [0, 0.05) is 30.2 Å². The van der Waals surface area contributed by atoms with Crippen molar-refractivity contribution in [3.63, 3.8) is 0 Å². The Morgan fingerprint density at radius 3 is 2.53 bits per heavy atom. The zero-order valence-electron chi connectivity index (χ0n) is 18.9. The molecular weight excluding hydrogens is 402 g/mol. The van der Waals surface area contributed by atoms with E-state index in [2.05, 4.69) is 23.2 Å². The molecule has 1 N–H and O–H groups in total. The average Bonchev–Trinajstić information content (AvgIpc) is 2.83. The molecule has 32 heavy (non-hydrogen) atoms. The molecular formula is C26H29N3O3. The van der Waals surface area contributed by atoms with Crippen LogP contribution in [-0.4, -0.2) is 38.2 Å². The number of anilines is 2. The highest BCUT2D eigenvalue weighted by atomic mass is 16.5. The Morgan fingerprint density at radius 2 is 1.78 bits per heavy atom. The lowest BCUT2D eigenvalue weighted by atomic mass is 10.1. The number of hydrogen-bond acceptors (Lipinski definition) is 5. The number of aryl methyl sites for hydroxylation is 1. The molecule has 1 saturated heterocycles. The van der Waals surface area contributed by atoms with Gasteiger partial charge in [0.1, 0.15) is 5.82 Å². The number of pyridine rings is 1. The first-order valence-corrected chi connectivity index (χ1v) is 10.9. The molecule has 0 radical (unpaired) electrons. The second-order valence-electron chi connectivity index (χ2n) is 8.01.